The van der Waals surface area contributed by atoms with E-state index in [1.54, 1.807) is 13.8 Å². The largest absolute Gasteiger partial charge is 0.493 e. The zero-order valence-corrected chi connectivity index (χ0v) is 14.2. The van der Waals surface area contributed by atoms with Crippen molar-refractivity contribution in [1.29, 1.82) is 0 Å². The highest BCUT2D eigenvalue weighted by atomic mass is 32.2. The normalized spacial score (nSPS) is 12.8. The van der Waals surface area contributed by atoms with Crippen molar-refractivity contribution in [1.82, 2.24) is 10.0 Å². The lowest BCUT2D eigenvalue weighted by Gasteiger charge is -2.17. The molecule has 0 unspecified atom stereocenters. The topological polar surface area (TPSA) is 93.7 Å². The van der Waals surface area contributed by atoms with Crippen molar-refractivity contribution in [3.05, 3.63) is 18.2 Å². The lowest BCUT2D eigenvalue weighted by Crippen LogP contribution is -2.46. The molecule has 0 radical (unpaired) electrons. The molecular weight excluding hydrogens is 308 g/mol. The van der Waals surface area contributed by atoms with Gasteiger partial charge in [0.15, 0.2) is 11.5 Å². The molecule has 0 aliphatic heterocycles. The first kappa shape index (κ1) is 18.2. The number of hydrogen-bond donors (Lipinski definition) is 2. The van der Waals surface area contributed by atoms with Crippen LogP contribution in [0.25, 0.3) is 0 Å². The summed E-state index contributed by atoms with van der Waals surface area (Å²) in [6.45, 7) is 5.08. The van der Waals surface area contributed by atoms with E-state index in [2.05, 4.69) is 10.0 Å². The molecule has 0 heterocycles. The van der Waals surface area contributed by atoms with E-state index in [1.165, 1.54) is 39.3 Å². The Labute approximate surface area is 131 Å². The van der Waals surface area contributed by atoms with Crippen LogP contribution in [0.15, 0.2) is 23.1 Å². The second kappa shape index (κ2) is 7.46. The molecule has 0 saturated carbocycles. The summed E-state index contributed by atoms with van der Waals surface area (Å²) in [4.78, 5) is 11.8. The van der Waals surface area contributed by atoms with E-state index in [-0.39, 0.29) is 16.8 Å². The summed E-state index contributed by atoms with van der Waals surface area (Å²) in [5.74, 6) is 0.329. The van der Waals surface area contributed by atoms with Crippen LogP contribution >= 0.6 is 0 Å². The number of nitrogens with one attached hydrogen (secondary N) is 2. The van der Waals surface area contributed by atoms with E-state index < -0.39 is 16.1 Å². The van der Waals surface area contributed by atoms with E-state index in [0.717, 1.165) is 0 Å². The Bertz CT molecular complexity index is 628. The van der Waals surface area contributed by atoms with E-state index in [9.17, 15) is 13.2 Å². The number of ether oxygens (including phenoxy) is 2. The fourth-order valence-corrected chi connectivity index (χ4v) is 2.97. The monoisotopic (exact) mass is 330 g/mol. The van der Waals surface area contributed by atoms with Crippen molar-refractivity contribution in [2.45, 2.75) is 37.8 Å². The maximum absolute atomic E-state index is 12.3. The first-order valence-corrected chi connectivity index (χ1v) is 8.24. The Morgan fingerprint density at radius 1 is 1.09 bits per heavy atom. The fourth-order valence-electron chi connectivity index (χ4n) is 1.75. The molecule has 1 aromatic carbocycles. The third kappa shape index (κ3) is 4.60. The Balaban J connectivity index is 2.97. The molecular formula is C14H22N2O5S. The van der Waals surface area contributed by atoms with Crippen LogP contribution in [0.1, 0.15) is 20.8 Å². The Hall–Kier alpha value is -1.80. The number of carbonyl (C=O) groups is 1. The summed E-state index contributed by atoms with van der Waals surface area (Å²) in [5.41, 5.74) is 0. The van der Waals surface area contributed by atoms with Gasteiger partial charge >= 0.3 is 0 Å². The maximum atomic E-state index is 12.3. The molecule has 1 atom stereocenters. The predicted octanol–water partition coefficient (Wildman–Crippen LogP) is 0.895. The van der Waals surface area contributed by atoms with Gasteiger partial charge < -0.3 is 14.8 Å². The number of methoxy groups -OCH3 is 2. The fraction of sp³-hybridized carbons (Fsp3) is 0.500. The van der Waals surface area contributed by atoms with E-state index in [4.69, 9.17) is 9.47 Å². The lowest BCUT2D eigenvalue weighted by molar-refractivity contribution is -0.122. The molecule has 0 spiro atoms. The summed E-state index contributed by atoms with van der Waals surface area (Å²) >= 11 is 0. The Morgan fingerprint density at radius 3 is 2.18 bits per heavy atom. The second-order valence-electron chi connectivity index (χ2n) is 5.02. The summed E-state index contributed by atoms with van der Waals surface area (Å²) in [5, 5.41) is 2.65. The number of hydrogen-bond acceptors (Lipinski definition) is 5. The summed E-state index contributed by atoms with van der Waals surface area (Å²) in [7, 11) is -0.966. The molecule has 1 aromatic rings. The van der Waals surface area contributed by atoms with E-state index >= 15 is 0 Å². The van der Waals surface area contributed by atoms with Gasteiger partial charge in [-0.05, 0) is 32.9 Å². The molecule has 0 bridgehead atoms. The number of carbonyl (C=O) groups excluding carboxylic acids is 1. The minimum Gasteiger partial charge on any atom is -0.493 e. The second-order valence-corrected chi connectivity index (χ2v) is 6.74. The van der Waals surface area contributed by atoms with Crippen LogP contribution in [-0.2, 0) is 14.8 Å². The minimum absolute atomic E-state index is 0.00523. The van der Waals surface area contributed by atoms with Gasteiger partial charge in [-0.1, -0.05) is 0 Å². The van der Waals surface area contributed by atoms with Gasteiger partial charge in [0.05, 0.1) is 25.2 Å². The Morgan fingerprint density at radius 2 is 1.68 bits per heavy atom. The molecule has 8 heteroatoms. The highest BCUT2D eigenvalue weighted by molar-refractivity contribution is 7.89. The molecule has 0 fully saturated rings. The van der Waals surface area contributed by atoms with E-state index in [0.29, 0.717) is 11.5 Å². The third-order valence-electron chi connectivity index (χ3n) is 2.82. The zero-order chi connectivity index (χ0) is 16.9. The molecule has 2 N–H and O–H groups in total. The van der Waals surface area contributed by atoms with Gasteiger partial charge in [-0.3, -0.25) is 4.79 Å². The van der Waals surface area contributed by atoms with Crippen LogP contribution in [0.4, 0.5) is 0 Å². The summed E-state index contributed by atoms with van der Waals surface area (Å²) < 4.78 is 37.1. The van der Waals surface area contributed by atoms with Gasteiger partial charge in [0.2, 0.25) is 15.9 Å². The minimum atomic E-state index is -3.84. The van der Waals surface area contributed by atoms with Crippen molar-refractivity contribution in [3.63, 3.8) is 0 Å². The van der Waals surface area contributed by atoms with Gasteiger partial charge in [0.25, 0.3) is 0 Å². The number of sulfonamides is 1. The molecule has 1 rings (SSSR count). The number of amides is 1. The van der Waals surface area contributed by atoms with Crippen LogP contribution in [0, 0.1) is 0 Å². The lowest BCUT2D eigenvalue weighted by atomic mass is 10.3. The predicted molar refractivity (Wildman–Crippen MR) is 82.6 cm³/mol. The highest BCUT2D eigenvalue weighted by Gasteiger charge is 2.23. The van der Waals surface area contributed by atoms with Crippen molar-refractivity contribution in [2.75, 3.05) is 14.2 Å². The summed E-state index contributed by atoms with van der Waals surface area (Å²) in [6, 6.07) is 3.26. The molecule has 0 saturated heterocycles. The average Bonchev–Trinajstić information content (AvgIpc) is 2.45. The van der Waals surface area contributed by atoms with Crippen molar-refractivity contribution in [3.8, 4) is 11.5 Å². The quantitative estimate of drug-likeness (QED) is 0.774. The van der Waals surface area contributed by atoms with Gasteiger partial charge in [0, 0.05) is 12.1 Å². The molecule has 1 amide bonds. The Kier molecular flexibility index (Phi) is 6.19. The molecule has 0 aliphatic rings. The third-order valence-corrected chi connectivity index (χ3v) is 4.36. The SMILES string of the molecule is COc1ccc(S(=O)(=O)N[C@H](C)C(=O)NC(C)C)cc1OC. The molecule has 7 nitrogen and oxygen atoms in total. The smallest absolute Gasteiger partial charge is 0.241 e. The van der Waals surface area contributed by atoms with Gasteiger partial charge in [0.1, 0.15) is 0 Å². The number of rotatable bonds is 7. The van der Waals surface area contributed by atoms with Crippen LogP contribution < -0.4 is 19.5 Å². The molecule has 22 heavy (non-hydrogen) atoms. The van der Waals surface area contributed by atoms with Crippen LogP contribution in [0.2, 0.25) is 0 Å². The summed E-state index contributed by atoms with van der Waals surface area (Å²) in [6.07, 6.45) is 0. The zero-order valence-electron chi connectivity index (χ0n) is 13.3. The van der Waals surface area contributed by atoms with Crippen LogP contribution in [-0.4, -0.2) is 40.6 Å². The number of benzene rings is 1. The van der Waals surface area contributed by atoms with Crippen molar-refractivity contribution >= 4 is 15.9 Å². The molecule has 0 aromatic heterocycles. The molecule has 0 aliphatic carbocycles. The van der Waals surface area contributed by atoms with Gasteiger partial charge in [-0.2, -0.15) is 4.72 Å². The van der Waals surface area contributed by atoms with Crippen molar-refractivity contribution in [2.24, 2.45) is 0 Å². The van der Waals surface area contributed by atoms with Crippen LogP contribution in [0.3, 0.4) is 0 Å². The first-order valence-electron chi connectivity index (χ1n) is 6.76. The van der Waals surface area contributed by atoms with E-state index in [1.807, 2.05) is 0 Å². The first-order chi connectivity index (χ1) is 10.2. The maximum Gasteiger partial charge on any atom is 0.241 e. The van der Waals surface area contributed by atoms with Crippen LogP contribution in [0.5, 0.6) is 11.5 Å². The van der Waals surface area contributed by atoms with Gasteiger partial charge in [-0.25, -0.2) is 8.42 Å². The van der Waals surface area contributed by atoms with Crippen molar-refractivity contribution < 1.29 is 22.7 Å². The molecule has 124 valence electrons. The average molecular weight is 330 g/mol. The van der Waals surface area contributed by atoms with Gasteiger partial charge in [-0.15, -0.1) is 0 Å². The highest BCUT2D eigenvalue weighted by Crippen LogP contribution is 2.29. The standard InChI is InChI=1S/C14H22N2O5S/c1-9(2)15-14(17)10(3)16-22(18,19)11-6-7-12(20-4)13(8-11)21-5/h6-10,16H,1-5H3,(H,15,17)/t10-/m1/s1.